The van der Waals surface area contributed by atoms with Gasteiger partial charge in [0.05, 0.1) is 16.1 Å². The topological polar surface area (TPSA) is 88.9 Å². The Balaban J connectivity index is 1.57. The van der Waals surface area contributed by atoms with Crippen molar-refractivity contribution in [1.82, 2.24) is 9.97 Å². The monoisotopic (exact) mass is 387 g/mol. The number of hydrogen-bond donors (Lipinski definition) is 1. The van der Waals surface area contributed by atoms with Gasteiger partial charge < -0.3 is 4.98 Å². The zero-order chi connectivity index (χ0) is 18.3. The molecule has 3 aromatic rings. The maximum absolute atomic E-state index is 12.6. The molecule has 6 nitrogen and oxygen atoms in total. The van der Waals surface area contributed by atoms with Crippen LogP contribution in [0.5, 0.6) is 0 Å². The number of benzene rings is 1. The number of non-ortho nitro benzene ring substituents is 1. The molecule has 1 aromatic carbocycles. The van der Waals surface area contributed by atoms with Crippen LogP contribution < -0.4 is 5.56 Å². The molecule has 0 amide bonds. The third kappa shape index (κ3) is 3.26. The highest BCUT2D eigenvalue weighted by atomic mass is 32.2. The van der Waals surface area contributed by atoms with Gasteiger partial charge in [-0.3, -0.25) is 14.9 Å². The number of thioether (sulfide) groups is 1. The first-order valence-corrected chi connectivity index (χ1v) is 10.2. The molecule has 2 aromatic heterocycles. The number of fused-ring (bicyclic) bond motifs is 3. The van der Waals surface area contributed by atoms with E-state index < -0.39 is 4.92 Å². The summed E-state index contributed by atoms with van der Waals surface area (Å²) in [6.45, 7) is 2.25. The van der Waals surface area contributed by atoms with Gasteiger partial charge in [-0.1, -0.05) is 6.92 Å². The Morgan fingerprint density at radius 1 is 1.38 bits per heavy atom. The van der Waals surface area contributed by atoms with E-state index in [1.165, 1.54) is 34.3 Å². The average molecular weight is 387 g/mol. The Morgan fingerprint density at radius 2 is 2.15 bits per heavy atom. The SMILES string of the molecule is C[C@@H]1CCc2c(sc3nc(CSc4ccc([N+](=O)[O-])cc4)[nH]c(=O)c23)C1. The lowest BCUT2D eigenvalue weighted by Gasteiger charge is -2.17. The van der Waals surface area contributed by atoms with Crippen LogP contribution in [0.2, 0.25) is 0 Å². The highest BCUT2D eigenvalue weighted by Gasteiger charge is 2.23. The van der Waals surface area contributed by atoms with Crippen molar-refractivity contribution < 1.29 is 4.92 Å². The first-order valence-electron chi connectivity index (χ1n) is 8.42. The molecule has 4 rings (SSSR count). The molecular formula is C18H17N3O3S2. The number of hydrogen-bond acceptors (Lipinski definition) is 6. The van der Waals surface area contributed by atoms with Crippen molar-refractivity contribution >= 4 is 39.0 Å². The molecule has 0 saturated carbocycles. The Morgan fingerprint density at radius 3 is 2.88 bits per heavy atom. The highest BCUT2D eigenvalue weighted by Crippen LogP contribution is 2.35. The van der Waals surface area contributed by atoms with Crippen LogP contribution in [0.1, 0.15) is 29.6 Å². The molecule has 0 radical (unpaired) electrons. The van der Waals surface area contributed by atoms with Crippen LogP contribution in [0.3, 0.4) is 0 Å². The lowest BCUT2D eigenvalue weighted by molar-refractivity contribution is -0.384. The maximum Gasteiger partial charge on any atom is 0.269 e. The summed E-state index contributed by atoms with van der Waals surface area (Å²) >= 11 is 3.14. The van der Waals surface area contributed by atoms with Gasteiger partial charge in [0.2, 0.25) is 0 Å². The van der Waals surface area contributed by atoms with Crippen LogP contribution in [0.25, 0.3) is 10.2 Å². The third-order valence-corrected chi connectivity index (χ3v) is 6.81. The van der Waals surface area contributed by atoms with E-state index in [1.807, 2.05) is 0 Å². The van der Waals surface area contributed by atoms with E-state index in [4.69, 9.17) is 0 Å². The number of nitrogens with one attached hydrogen (secondary N) is 1. The second-order valence-corrected chi connectivity index (χ2v) is 8.72. The zero-order valence-electron chi connectivity index (χ0n) is 14.2. The van der Waals surface area contributed by atoms with Gasteiger partial charge in [-0.25, -0.2) is 4.98 Å². The zero-order valence-corrected chi connectivity index (χ0v) is 15.8. The van der Waals surface area contributed by atoms with Crippen LogP contribution in [0, 0.1) is 16.0 Å². The molecule has 1 atom stereocenters. The number of aromatic nitrogens is 2. The van der Waals surface area contributed by atoms with E-state index in [1.54, 1.807) is 23.5 Å². The number of aryl methyl sites for hydroxylation is 1. The second kappa shape index (κ2) is 6.85. The molecule has 8 heteroatoms. The predicted molar refractivity (Wildman–Crippen MR) is 104 cm³/mol. The first kappa shape index (κ1) is 17.2. The fourth-order valence-corrected chi connectivity index (χ4v) is 5.45. The standard InChI is InChI=1S/C18H17N3O3S2/c1-10-2-7-13-14(8-10)26-18-16(13)17(22)19-15(20-18)9-25-12-5-3-11(4-6-12)21(23)24/h3-6,10H,2,7-9H2,1H3,(H,19,20,22)/t10-/m1/s1. The van der Waals surface area contributed by atoms with E-state index in [0.717, 1.165) is 34.4 Å². The van der Waals surface area contributed by atoms with Gasteiger partial charge in [0.15, 0.2) is 0 Å². The van der Waals surface area contributed by atoms with E-state index in [9.17, 15) is 14.9 Å². The average Bonchev–Trinajstić information content (AvgIpc) is 2.98. The summed E-state index contributed by atoms with van der Waals surface area (Å²) in [6.07, 6.45) is 3.11. The van der Waals surface area contributed by atoms with E-state index in [-0.39, 0.29) is 11.2 Å². The summed E-state index contributed by atoms with van der Waals surface area (Å²) < 4.78 is 0. The molecule has 0 bridgehead atoms. The van der Waals surface area contributed by atoms with E-state index in [0.29, 0.717) is 17.5 Å². The summed E-state index contributed by atoms with van der Waals surface area (Å²) in [5.74, 6) is 1.81. The molecule has 0 fully saturated rings. The summed E-state index contributed by atoms with van der Waals surface area (Å²) in [5, 5.41) is 11.5. The number of aromatic amines is 1. The first-order chi connectivity index (χ1) is 12.5. The van der Waals surface area contributed by atoms with E-state index >= 15 is 0 Å². The second-order valence-electron chi connectivity index (χ2n) is 6.58. The molecule has 2 heterocycles. The van der Waals surface area contributed by atoms with Gasteiger partial charge in [-0.15, -0.1) is 23.1 Å². The molecule has 1 N–H and O–H groups in total. The number of H-pyrrole nitrogens is 1. The van der Waals surface area contributed by atoms with Crippen LogP contribution in [-0.4, -0.2) is 14.9 Å². The van der Waals surface area contributed by atoms with Crippen molar-refractivity contribution in [3.05, 3.63) is 61.0 Å². The molecule has 134 valence electrons. The minimum absolute atomic E-state index is 0.0543. The fraction of sp³-hybridized carbons (Fsp3) is 0.333. The van der Waals surface area contributed by atoms with Gasteiger partial charge in [-0.05, 0) is 42.9 Å². The molecular weight excluding hydrogens is 370 g/mol. The Hall–Kier alpha value is -2.19. The number of nitrogens with zero attached hydrogens (tertiary/aromatic N) is 2. The van der Waals surface area contributed by atoms with Gasteiger partial charge in [0.1, 0.15) is 10.7 Å². The lowest BCUT2D eigenvalue weighted by Crippen LogP contribution is -2.14. The quantitative estimate of drug-likeness (QED) is 0.409. The van der Waals surface area contributed by atoms with Crippen molar-refractivity contribution in [3.8, 4) is 0 Å². The third-order valence-electron chi connectivity index (χ3n) is 4.64. The molecule has 0 spiro atoms. The minimum atomic E-state index is -0.416. The van der Waals surface area contributed by atoms with Crippen LogP contribution in [0.4, 0.5) is 5.69 Å². The van der Waals surface area contributed by atoms with Gasteiger partial charge >= 0.3 is 0 Å². The molecule has 0 saturated heterocycles. The van der Waals surface area contributed by atoms with Crippen molar-refractivity contribution in [2.24, 2.45) is 5.92 Å². The number of thiophene rings is 1. The Labute approximate surface area is 157 Å². The van der Waals surface area contributed by atoms with Crippen molar-refractivity contribution in [2.45, 2.75) is 36.8 Å². The molecule has 1 aliphatic rings. The van der Waals surface area contributed by atoms with Crippen LogP contribution in [0.15, 0.2) is 34.0 Å². The normalized spacial score (nSPS) is 16.6. The largest absolute Gasteiger partial charge is 0.309 e. The van der Waals surface area contributed by atoms with Crippen LogP contribution >= 0.6 is 23.1 Å². The predicted octanol–water partition coefficient (Wildman–Crippen LogP) is 4.31. The molecule has 26 heavy (non-hydrogen) atoms. The lowest BCUT2D eigenvalue weighted by atomic mass is 9.89. The highest BCUT2D eigenvalue weighted by molar-refractivity contribution is 7.98. The molecule has 1 aliphatic carbocycles. The molecule has 0 aliphatic heterocycles. The van der Waals surface area contributed by atoms with Crippen LogP contribution in [-0.2, 0) is 18.6 Å². The summed E-state index contributed by atoms with van der Waals surface area (Å²) in [6, 6.07) is 6.39. The van der Waals surface area contributed by atoms with Crippen molar-refractivity contribution in [2.75, 3.05) is 0 Å². The summed E-state index contributed by atoms with van der Waals surface area (Å²) in [5.41, 5.74) is 1.20. The number of nitro groups is 1. The van der Waals surface area contributed by atoms with Crippen molar-refractivity contribution in [1.29, 1.82) is 0 Å². The summed E-state index contributed by atoms with van der Waals surface area (Å²) in [7, 11) is 0. The van der Waals surface area contributed by atoms with Gasteiger partial charge in [0.25, 0.3) is 11.2 Å². The van der Waals surface area contributed by atoms with E-state index in [2.05, 4.69) is 16.9 Å². The number of nitro benzene ring substituents is 1. The smallest absolute Gasteiger partial charge is 0.269 e. The molecule has 0 unspecified atom stereocenters. The van der Waals surface area contributed by atoms with Crippen molar-refractivity contribution in [3.63, 3.8) is 0 Å². The fourth-order valence-electron chi connectivity index (χ4n) is 3.28. The summed E-state index contributed by atoms with van der Waals surface area (Å²) in [4.78, 5) is 33.5. The Bertz CT molecular complexity index is 1040. The van der Waals surface area contributed by atoms with Gasteiger partial charge in [-0.2, -0.15) is 0 Å². The maximum atomic E-state index is 12.6. The number of rotatable bonds is 4. The Kier molecular flexibility index (Phi) is 4.54. The van der Waals surface area contributed by atoms with Gasteiger partial charge in [0, 0.05) is 21.9 Å². The minimum Gasteiger partial charge on any atom is -0.309 e.